The van der Waals surface area contributed by atoms with Gasteiger partial charge in [-0.25, -0.2) is 0 Å². The summed E-state index contributed by atoms with van der Waals surface area (Å²) in [5, 5.41) is 30.1. The van der Waals surface area contributed by atoms with Crippen LogP contribution in [0.25, 0.3) is 110 Å². The number of benzene rings is 7. The molecule has 0 atom stereocenters. The van der Waals surface area contributed by atoms with Gasteiger partial charge in [-0.3, -0.25) is 9.97 Å². The van der Waals surface area contributed by atoms with Gasteiger partial charge in [0, 0.05) is 65.6 Å². The molecule has 7 aromatic carbocycles. The van der Waals surface area contributed by atoms with E-state index in [1.165, 1.54) is 0 Å². The van der Waals surface area contributed by atoms with Gasteiger partial charge in [-0.1, -0.05) is 72.8 Å². The molecule has 0 radical (unpaired) electrons. The number of fused-ring (bicyclic) bond motifs is 13. The first-order chi connectivity index (χ1) is 33.7. The molecular formula is C60H40N8S. The number of pyridine rings is 2. The second-order valence-electron chi connectivity index (χ2n) is 19.1. The van der Waals surface area contributed by atoms with E-state index < -0.39 is 9.49 Å². The van der Waals surface area contributed by atoms with E-state index >= 15 is 0 Å². The van der Waals surface area contributed by atoms with E-state index in [0.29, 0.717) is 11.1 Å². The fraction of sp³-hybridized carbons (Fsp3) is 0.100. The van der Waals surface area contributed by atoms with Crippen LogP contribution in [0.3, 0.4) is 0 Å². The van der Waals surface area contributed by atoms with E-state index in [0.717, 1.165) is 121 Å². The van der Waals surface area contributed by atoms with E-state index in [4.69, 9.17) is 9.97 Å². The molecule has 0 saturated heterocycles. The lowest BCUT2D eigenvalue weighted by Crippen LogP contribution is -2.19. The third-order valence-corrected chi connectivity index (χ3v) is 15.9. The Morgan fingerprint density at radius 3 is 1.19 bits per heavy atom. The highest BCUT2D eigenvalue weighted by atomic mass is 32.2. The van der Waals surface area contributed by atoms with Crippen LogP contribution >= 0.6 is 11.8 Å². The Labute approximate surface area is 400 Å². The summed E-state index contributed by atoms with van der Waals surface area (Å²) < 4.78 is 8.11. The van der Waals surface area contributed by atoms with Crippen LogP contribution in [0.1, 0.15) is 49.9 Å². The molecular weight excluding hydrogens is 865 g/mol. The van der Waals surface area contributed by atoms with Crippen LogP contribution in [-0.2, 0) is 9.49 Å². The van der Waals surface area contributed by atoms with Gasteiger partial charge in [0.05, 0.1) is 77.7 Å². The van der Waals surface area contributed by atoms with Crippen LogP contribution in [0.15, 0.2) is 170 Å². The first kappa shape index (κ1) is 39.5. The lowest BCUT2D eigenvalue weighted by Gasteiger charge is -2.27. The van der Waals surface area contributed by atoms with E-state index in [1.54, 1.807) is 0 Å². The summed E-state index contributed by atoms with van der Waals surface area (Å²) in [4.78, 5) is 10.1. The molecule has 1 aliphatic rings. The molecule has 0 aliphatic carbocycles. The van der Waals surface area contributed by atoms with Gasteiger partial charge in [0.25, 0.3) is 0 Å². The number of nitriles is 2. The highest BCUT2D eigenvalue weighted by molar-refractivity contribution is 8.01. The molecule has 0 unspecified atom stereocenters. The van der Waals surface area contributed by atoms with Crippen LogP contribution in [0.5, 0.6) is 0 Å². The number of thioether (sulfide) groups is 1. The van der Waals surface area contributed by atoms with Crippen molar-refractivity contribution in [3.63, 3.8) is 0 Å². The molecule has 0 saturated carbocycles. The molecule has 0 bridgehead atoms. The lowest BCUT2D eigenvalue weighted by molar-refractivity contribution is 0.771. The second kappa shape index (κ2) is 14.0. The zero-order valence-electron chi connectivity index (χ0n) is 38.2. The Balaban J connectivity index is 1.16. The summed E-state index contributed by atoms with van der Waals surface area (Å²) in [5.74, 6) is 0. The molecule has 14 rings (SSSR count). The number of hydrogen-bond donors (Lipinski definition) is 0. The number of rotatable bonds is 4. The van der Waals surface area contributed by atoms with Crippen molar-refractivity contribution in [2.24, 2.45) is 0 Å². The first-order valence-electron chi connectivity index (χ1n) is 23.2. The van der Waals surface area contributed by atoms with E-state index in [1.807, 2.05) is 48.4 Å². The Hall–Kier alpha value is -8.63. The predicted octanol–water partition coefficient (Wildman–Crippen LogP) is 14.8. The second-order valence-corrected chi connectivity index (χ2v) is 21.4. The van der Waals surface area contributed by atoms with Gasteiger partial charge in [0.2, 0.25) is 0 Å². The van der Waals surface area contributed by atoms with Gasteiger partial charge in [-0.2, -0.15) is 10.5 Å². The maximum absolute atomic E-state index is 11.8. The third-order valence-electron chi connectivity index (χ3n) is 14.5. The van der Waals surface area contributed by atoms with Crippen molar-refractivity contribution in [3.8, 4) is 34.9 Å². The molecule has 8 nitrogen and oxygen atoms in total. The van der Waals surface area contributed by atoms with Crippen molar-refractivity contribution in [3.05, 3.63) is 192 Å². The van der Waals surface area contributed by atoms with Gasteiger partial charge < -0.3 is 18.3 Å². The first-order valence-corrected chi connectivity index (χ1v) is 24.0. The van der Waals surface area contributed by atoms with Crippen molar-refractivity contribution in [2.45, 2.75) is 37.2 Å². The van der Waals surface area contributed by atoms with Crippen LogP contribution in [0.4, 0.5) is 0 Å². The largest absolute Gasteiger partial charge is 0.309 e. The fourth-order valence-electron chi connectivity index (χ4n) is 12.1. The van der Waals surface area contributed by atoms with Crippen molar-refractivity contribution >= 4 is 99.2 Å². The molecule has 1 aliphatic heterocycles. The standard InChI is InChI=1S/C60H40N8S/c1-59(2)53-54(60(3,4)69-59)58(68-48-26-16-28-64-56(48)42-30-40-38-22-12-14-24-46(38)66(50(40)32-52(42)68)36-19-9-6-10-20-36)44(34-62)43(33-61)57(53)67-47-25-15-27-63-55(47)41-29-39-37-21-11-13-23-45(37)65(49(39)31-51(41)67)35-17-7-5-8-18-35/h5-32H,1-4H3. The lowest BCUT2D eigenvalue weighted by atomic mass is 9.83. The molecule has 326 valence electrons. The number of nitrogens with zero attached hydrogens (tertiary/aromatic N) is 8. The summed E-state index contributed by atoms with van der Waals surface area (Å²) in [7, 11) is 0. The van der Waals surface area contributed by atoms with Crippen LogP contribution in [0, 0.1) is 22.7 Å². The highest BCUT2D eigenvalue weighted by Crippen LogP contribution is 2.63. The number of hydrogen-bond acceptors (Lipinski definition) is 5. The summed E-state index contributed by atoms with van der Waals surface area (Å²) in [6.45, 7) is 9.05. The van der Waals surface area contributed by atoms with E-state index in [-0.39, 0.29) is 0 Å². The van der Waals surface area contributed by atoms with Crippen molar-refractivity contribution in [1.82, 2.24) is 28.2 Å². The minimum Gasteiger partial charge on any atom is -0.309 e. The predicted molar refractivity (Wildman–Crippen MR) is 282 cm³/mol. The van der Waals surface area contributed by atoms with Crippen molar-refractivity contribution in [2.75, 3.05) is 0 Å². The molecule has 13 aromatic rings. The summed E-state index contributed by atoms with van der Waals surface area (Å²) in [5.41, 5.74) is 15.7. The maximum atomic E-state index is 11.8. The Bertz CT molecular complexity index is 4190. The molecule has 69 heavy (non-hydrogen) atoms. The van der Waals surface area contributed by atoms with Crippen molar-refractivity contribution in [1.29, 1.82) is 10.5 Å². The van der Waals surface area contributed by atoms with Crippen LogP contribution in [-0.4, -0.2) is 28.2 Å². The average molecular weight is 905 g/mol. The third kappa shape index (κ3) is 5.23. The van der Waals surface area contributed by atoms with Gasteiger partial charge in [0.1, 0.15) is 12.1 Å². The van der Waals surface area contributed by atoms with E-state index in [2.05, 4.69) is 192 Å². The average Bonchev–Trinajstić information content (AvgIpc) is 4.12. The highest BCUT2D eigenvalue weighted by Gasteiger charge is 2.49. The minimum absolute atomic E-state index is 0.322. The molecule has 7 heterocycles. The molecule has 0 N–H and O–H groups in total. The Morgan fingerprint density at radius 2 is 0.768 bits per heavy atom. The van der Waals surface area contributed by atoms with Gasteiger partial charge >= 0.3 is 0 Å². The SMILES string of the molecule is CC1(C)SC(C)(C)c2c(-n3c4cc5c(cc4c4ncccc43)c3ccccc3n5-c3ccccc3)c(C#N)c(C#N)c(-n3c4cc5c(cc4c4ncccc43)c3ccccc3n5-c3ccccc3)c21. The monoisotopic (exact) mass is 904 g/mol. The topological polar surface area (TPSA) is 93.1 Å². The Kier molecular flexibility index (Phi) is 8.00. The molecule has 0 spiro atoms. The number of para-hydroxylation sites is 4. The maximum Gasteiger partial charge on any atom is 0.103 e. The molecule has 6 aromatic heterocycles. The summed E-state index contributed by atoms with van der Waals surface area (Å²) in [6.07, 6.45) is 3.69. The summed E-state index contributed by atoms with van der Waals surface area (Å²) >= 11 is 1.86. The smallest absolute Gasteiger partial charge is 0.103 e. The van der Waals surface area contributed by atoms with Crippen molar-refractivity contribution < 1.29 is 0 Å². The van der Waals surface area contributed by atoms with Gasteiger partial charge in [-0.15, -0.1) is 11.8 Å². The van der Waals surface area contributed by atoms with Gasteiger partial charge in [0.15, 0.2) is 0 Å². The normalized spacial score (nSPS) is 14.2. The molecule has 9 heteroatoms. The Morgan fingerprint density at radius 1 is 0.391 bits per heavy atom. The number of aromatic nitrogens is 6. The zero-order valence-corrected chi connectivity index (χ0v) is 39.0. The minimum atomic E-state index is -0.513. The zero-order chi connectivity index (χ0) is 46.5. The van der Waals surface area contributed by atoms with Crippen LogP contribution < -0.4 is 0 Å². The van der Waals surface area contributed by atoms with Crippen LogP contribution in [0.2, 0.25) is 0 Å². The summed E-state index contributed by atoms with van der Waals surface area (Å²) in [6, 6.07) is 60.6. The quantitative estimate of drug-likeness (QED) is 0.175. The fourth-order valence-corrected chi connectivity index (χ4v) is 14.0. The molecule has 0 fully saturated rings. The molecule has 0 amide bonds. The van der Waals surface area contributed by atoms with Gasteiger partial charge in [-0.05, 0) is 124 Å². The van der Waals surface area contributed by atoms with E-state index in [9.17, 15) is 10.5 Å².